The highest BCUT2D eigenvalue weighted by Crippen LogP contribution is 2.26. The molecule has 0 aliphatic carbocycles. The van der Waals surface area contributed by atoms with Crippen molar-refractivity contribution in [2.75, 3.05) is 6.54 Å². The van der Waals surface area contributed by atoms with E-state index in [1.54, 1.807) is 6.07 Å². The SMILES string of the molecule is CCCN=C1NC(=O)C(c2cc(F)ccc2Br)N1. The summed E-state index contributed by atoms with van der Waals surface area (Å²) in [6, 6.07) is 3.66. The lowest BCUT2D eigenvalue weighted by atomic mass is 10.1. The fourth-order valence-corrected chi connectivity index (χ4v) is 2.17. The van der Waals surface area contributed by atoms with Crippen LogP contribution in [0.3, 0.4) is 0 Å². The highest BCUT2D eigenvalue weighted by molar-refractivity contribution is 9.10. The Balaban J connectivity index is 2.24. The molecule has 1 aromatic carbocycles. The first-order valence-corrected chi connectivity index (χ1v) is 6.48. The Bertz CT molecular complexity index is 504. The van der Waals surface area contributed by atoms with Crippen LogP contribution in [0.2, 0.25) is 0 Å². The van der Waals surface area contributed by atoms with Gasteiger partial charge in [0.25, 0.3) is 5.91 Å². The van der Waals surface area contributed by atoms with E-state index in [2.05, 4.69) is 31.6 Å². The van der Waals surface area contributed by atoms with Crippen LogP contribution in [0.15, 0.2) is 27.7 Å². The number of nitrogens with zero attached hydrogens (tertiary/aromatic N) is 1. The van der Waals surface area contributed by atoms with Crippen molar-refractivity contribution < 1.29 is 9.18 Å². The molecule has 1 heterocycles. The van der Waals surface area contributed by atoms with Crippen molar-refractivity contribution in [1.29, 1.82) is 0 Å². The van der Waals surface area contributed by atoms with Crippen LogP contribution < -0.4 is 10.6 Å². The molecule has 1 unspecified atom stereocenters. The van der Waals surface area contributed by atoms with Gasteiger partial charge in [0.2, 0.25) is 0 Å². The summed E-state index contributed by atoms with van der Waals surface area (Å²) in [5, 5.41) is 5.59. The van der Waals surface area contributed by atoms with Crippen LogP contribution in [-0.2, 0) is 4.79 Å². The molecule has 0 radical (unpaired) electrons. The summed E-state index contributed by atoms with van der Waals surface area (Å²) >= 11 is 3.31. The third-order valence-electron chi connectivity index (χ3n) is 2.55. The summed E-state index contributed by atoms with van der Waals surface area (Å²) in [4.78, 5) is 16.0. The zero-order valence-corrected chi connectivity index (χ0v) is 11.4. The van der Waals surface area contributed by atoms with Crippen molar-refractivity contribution >= 4 is 27.8 Å². The van der Waals surface area contributed by atoms with Crippen LogP contribution >= 0.6 is 15.9 Å². The number of nitrogens with one attached hydrogen (secondary N) is 2. The average Bonchev–Trinajstić information content (AvgIpc) is 2.71. The van der Waals surface area contributed by atoms with Gasteiger partial charge >= 0.3 is 0 Å². The van der Waals surface area contributed by atoms with Crippen LogP contribution in [0, 0.1) is 5.82 Å². The summed E-state index contributed by atoms with van der Waals surface area (Å²) < 4.78 is 13.9. The van der Waals surface area contributed by atoms with E-state index in [9.17, 15) is 9.18 Å². The molecule has 0 bridgehead atoms. The van der Waals surface area contributed by atoms with Crippen molar-refractivity contribution in [2.24, 2.45) is 4.99 Å². The number of rotatable bonds is 3. The number of aliphatic imine (C=N–C) groups is 1. The lowest BCUT2D eigenvalue weighted by Gasteiger charge is -2.10. The Morgan fingerprint density at radius 1 is 1.50 bits per heavy atom. The summed E-state index contributed by atoms with van der Waals surface area (Å²) in [5.41, 5.74) is 0.564. The van der Waals surface area contributed by atoms with Crippen molar-refractivity contribution in [1.82, 2.24) is 10.6 Å². The van der Waals surface area contributed by atoms with Crippen molar-refractivity contribution in [3.8, 4) is 0 Å². The second kappa shape index (κ2) is 5.48. The minimum absolute atomic E-state index is 0.226. The second-order valence-electron chi connectivity index (χ2n) is 3.96. The first-order valence-electron chi connectivity index (χ1n) is 5.68. The lowest BCUT2D eigenvalue weighted by Crippen LogP contribution is -2.25. The third kappa shape index (κ3) is 2.69. The minimum Gasteiger partial charge on any atom is -0.340 e. The summed E-state index contributed by atoms with van der Waals surface area (Å²) in [7, 11) is 0. The molecule has 18 heavy (non-hydrogen) atoms. The monoisotopic (exact) mass is 313 g/mol. The summed E-state index contributed by atoms with van der Waals surface area (Å²) in [6.07, 6.45) is 0.898. The molecule has 2 rings (SSSR count). The largest absolute Gasteiger partial charge is 0.340 e. The molecule has 1 aromatic rings. The van der Waals surface area contributed by atoms with Crippen molar-refractivity contribution in [2.45, 2.75) is 19.4 Å². The van der Waals surface area contributed by atoms with E-state index in [1.165, 1.54) is 12.1 Å². The smallest absolute Gasteiger partial charge is 0.253 e. The maximum absolute atomic E-state index is 13.2. The van der Waals surface area contributed by atoms with Crippen molar-refractivity contribution in [3.63, 3.8) is 0 Å². The van der Waals surface area contributed by atoms with Crippen LogP contribution in [-0.4, -0.2) is 18.4 Å². The Hall–Kier alpha value is -1.43. The zero-order chi connectivity index (χ0) is 13.1. The standard InChI is InChI=1S/C12H13BrFN3O/c1-2-5-15-12-16-10(11(18)17-12)8-6-7(14)3-4-9(8)13/h3-4,6,10H,2,5H2,1H3,(H2,15,16,17,18). The molecular formula is C12H13BrFN3O. The molecule has 0 saturated carbocycles. The van der Waals surface area contributed by atoms with Gasteiger partial charge in [0.05, 0.1) is 0 Å². The number of benzene rings is 1. The van der Waals surface area contributed by atoms with Gasteiger partial charge in [-0.1, -0.05) is 22.9 Å². The van der Waals surface area contributed by atoms with Gasteiger partial charge in [-0.15, -0.1) is 0 Å². The normalized spacial score (nSPS) is 20.9. The average molecular weight is 314 g/mol. The first kappa shape index (κ1) is 13.0. The van der Waals surface area contributed by atoms with Crippen LogP contribution in [0.4, 0.5) is 4.39 Å². The van der Waals surface area contributed by atoms with E-state index in [4.69, 9.17) is 0 Å². The number of hydrogen-bond donors (Lipinski definition) is 2. The van der Waals surface area contributed by atoms with E-state index in [1.807, 2.05) is 6.92 Å². The molecule has 1 aliphatic rings. The molecule has 1 saturated heterocycles. The van der Waals surface area contributed by atoms with Crippen LogP contribution in [0.1, 0.15) is 24.9 Å². The van der Waals surface area contributed by atoms with E-state index in [0.29, 0.717) is 22.5 Å². The van der Waals surface area contributed by atoms with Gasteiger partial charge in [-0.25, -0.2) is 4.39 Å². The Kier molecular flexibility index (Phi) is 3.96. The molecule has 2 N–H and O–H groups in total. The van der Waals surface area contributed by atoms with Gasteiger partial charge < -0.3 is 5.32 Å². The Morgan fingerprint density at radius 2 is 2.28 bits per heavy atom. The Morgan fingerprint density at radius 3 is 3.00 bits per heavy atom. The van der Waals surface area contributed by atoms with E-state index < -0.39 is 6.04 Å². The lowest BCUT2D eigenvalue weighted by molar-refractivity contribution is -0.120. The molecule has 96 valence electrons. The Labute approximate surface area is 113 Å². The summed E-state index contributed by atoms with van der Waals surface area (Å²) in [6.45, 7) is 2.64. The number of carbonyl (C=O) groups is 1. The van der Waals surface area contributed by atoms with Gasteiger partial charge in [-0.2, -0.15) is 0 Å². The van der Waals surface area contributed by atoms with Gasteiger partial charge in [-0.05, 0) is 24.6 Å². The molecule has 0 spiro atoms. The molecule has 1 atom stereocenters. The topological polar surface area (TPSA) is 53.5 Å². The predicted molar refractivity (Wildman–Crippen MR) is 70.7 cm³/mol. The van der Waals surface area contributed by atoms with Crippen LogP contribution in [0.25, 0.3) is 0 Å². The minimum atomic E-state index is -0.606. The molecule has 1 aliphatic heterocycles. The van der Waals surface area contributed by atoms with E-state index in [-0.39, 0.29) is 11.7 Å². The number of guanidine groups is 1. The molecule has 0 aromatic heterocycles. The molecule has 1 amide bonds. The predicted octanol–water partition coefficient (Wildman–Crippen LogP) is 2.11. The second-order valence-corrected chi connectivity index (χ2v) is 4.82. The fraction of sp³-hybridized carbons (Fsp3) is 0.333. The van der Waals surface area contributed by atoms with Crippen LogP contribution in [0.5, 0.6) is 0 Å². The van der Waals surface area contributed by atoms with Gasteiger partial charge in [-0.3, -0.25) is 15.1 Å². The highest BCUT2D eigenvalue weighted by Gasteiger charge is 2.31. The zero-order valence-electron chi connectivity index (χ0n) is 9.84. The molecular weight excluding hydrogens is 301 g/mol. The van der Waals surface area contributed by atoms with Gasteiger partial charge in [0.15, 0.2) is 5.96 Å². The van der Waals surface area contributed by atoms with E-state index in [0.717, 1.165) is 6.42 Å². The molecule has 1 fully saturated rings. The highest BCUT2D eigenvalue weighted by atomic mass is 79.9. The maximum atomic E-state index is 13.2. The van der Waals surface area contributed by atoms with Gasteiger partial charge in [0.1, 0.15) is 11.9 Å². The fourth-order valence-electron chi connectivity index (χ4n) is 1.69. The number of amides is 1. The number of halogens is 2. The third-order valence-corrected chi connectivity index (χ3v) is 3.27. The molecule has 4 nitrogen and oxygen atoms in total. The van der Waals surface area contributed by atoms with E-state index >= 15 is 0 Å². The summed E-state index contributed by atoms with van der Waals surface area (Å²) in [5.74, 6) is -0.152. The maximum Gasteiger partial charge on any atom is 0.253 e. The number of carbonyl (C=O) groups excluding carboxylic acids is 1. The van der Waals surface area contributed by atoms with Crippen molar-refractivity contribution in [3.05, 3.63) is 34.1 Å². The van der Waals surface area contributed by atoms with Gasteiger partial charge in [0, 0.05) is 16.6 Å². The first-order chi connectivity index (χ1) is 8.61. The molecule has 6 heteroatoms. The number of hydrogen-bond acceptors (Lipinski definition) is 2. The quantitative estimate of drug-likeness (QED) is 0.898.